The Morgan fingerprint density at radius 1 is 1.02 bits per heavy atom. The van der Waals surface area contributed by atoms with E-state index < -0.39 is 30.4 Å². The second kappa shape index (κ2) is 13.7. The van der Waals surface area contributed by atoms with E-state index in [9.17, 15) is 19.2 Å². The van der Waals surface area contributed by atoms with Gasteiger partial charge in [-0.3, -0.25) is 4.79 Å². The Morgan fingerprint density at radius 2 is 1.75 bits per heavy atom. The Bertz CT molecular complexity index is 1440. The molecule has 0 saturated carbocycles. The molecule has 0 unspecified atom stereocenters. The van der Waals surface area contributed by atoms with E-state index in [-0.39, 0.29) is 53.1 Å². The summed E-state index contributed by atoms with van der Waals surface area (Å²) in [6.07, 6.45) is 0.131. The molecular weight excluding hydrogens is 544 g/mol. The lowest BCUT2D eigenvalue weighted by molar-refractivity contribution is -0.150. The number of aromatic carboxylic acids is 1. The predicted molar refractivity (Wildman–Crippen MR) is 144 cm³/mol. The summed E-state index contributed by atoms with van der Waals surface area (Å²) in [6.45, 7) is -0.617. The zero-order valence-corrected chi connectivity index (χ0v) is 21.7. The van der Waals surface area contributed by atoms with Gasteiger partial charge in [0.1, 0.15) is 18.0 Å². The number of esters is 1. The molecule has 0 aliphatic rings. The number of ether oxygens (including phenoxy) is 1. The van der Waals surface area contributed by atoms with E-state index in [1.165, 1.54) is 42.5 Å². The number of carboxylic acid groups (broad SMARTS) is 1. The largest absolute Gasteiger partial charge is 0.477 e. The van der Waals surface area contributed by atoms with Gasteiger partial charge in [-0.1, -0.05) is 23.7 Å². The number of pyridine rings is 1. The molecule has 0 aliphatic heterocycles. The van der Waals surface area contributed by atoms with Crippen LogP contribution in [0.1, 0.15) is 38.5 Å². The number of halogens is 1. The number of aromatic nitrogens is 1. The third kappa shape index (κ3) is 8.51. The maximum absolute atomic E-state index is 13.0. The normalized spacial score (nSPS) is 10.3. The van der Waals surface area contributed by atoms with Crippen molar-refractivity contribution in [1.29, 1.82) is 0 Å². The van der Waals surface area contributed by atoms with Crippen molar-refractivity contribution in [2.24, 2.45) is 22.4 Å². The van der Waals surface area contributed by atoms with E-state index in [1.54, 1.807) is 18.2 Å². The number of hydrogen-bond donors (Lipinski definition) is 4. The third-order valence-electron chi connectivity index (χ3n) is 5.39. The van der Waals surface area contributed by atoms with Crippen LogP contribution in [0.3, 0.4) is 0 Å². The molecule has 1 aromatic heterocycles. The molecule has 13 nitrogen and oxygen atoms in total. The number of amides is 1. The molecule has 0 aliphatic carbocycles. The molecule has 3 rings (SSSR count). The van der Waals surface area contributed by atoms with Gasteiger partial charge in [-0.15, -0.1) is 0 Å². The quantitative estimate of drug-likeness (QED) is 0.0861. The number of guanidine groups is 1. The van der Waals surface area contributed by atoms with Gasteiger partial charge in [0.25, 0.3) is 0 Å². The van der Waals surface area contributed by atoms with Crippen molar-refractivity contribution in [3.8, 4) is 5.75 Å². The maximum atomic E-state index is 13.0. The predicted octanol–water partition coefficient (Wildman–Crippen LogP) is 1.94. The van der Waals surface area contributed by atoms with E-state index >= 15 is 0 Å². The number of rotatable bonds is 11. The minimum atomic E-state index is -1.23. The lowest BCUT2D eigenvalue weighted by Gasteiger charge is -2.21. The van der Waals surface area contributed by atoms with Crippen molar-refractivity contribution >= 4 is 47.1 Å². The minimum absolute atomic E-state index is 0.0581. The Balaban J connectivity index is 1.64. The molecule has 208 valence electrons. The molecule has 0 atom stereocenters. The molecule has 7 N–H and O–H groups in total. The number of aryl methyl sites for hydroxylation is 1. The molecule has 0 saturated heterocycles. The molecule has 1 amide bonds. The molecule has 40 heavy (non-hydrogen) atoms. The fourth-order valence-corrected chi connectivity index (χ4v) is 3.75. The van der Waals surface area contributed by atoms with E-state index in [0.717, 1.165) is 4.90 Å². The summed E-state index contributed by atoms with van der Waals surface area (Å²) in [6, 6.07) is 15.0. The summed E-state index contributed by atoms with van der Waals surface area (Å²) >= 11 is 6.36. The zero-order valence-electron chi connectivity index (χ0n) is 21.0. The first-order valence-electron chi connectivity index (χ1n) is 11.6. The summed E-state index contributed by atoms with van der Waals surface area (Å²) in [4.78, 5) is 61.6. The van der Waals surface area contributed by atoms with Crippen molar-refractivity contribution in [3.05, 3.63) is 88.2 Å². The van der Waals surface area contributed by atoms with Crippen LogP contribution in [0.2, 0.25) is 5.02 Å². The molecule has 1 heterocycles. The van der Waals surface area contributed by atoms with Crippen LogP contribution in [0.25, 0.3) is 0 Å². The monoisotopic (exact) mass is 568 g/mol. The highest BCUT2D eigenvalue weighted by molar-refractivity contribution is 6.31. The molecule has 0 spiro atoms. The minimum Gasteiger partial charge on any atom is -0.477 e. The number of nitrogens with two attached hydrogens (primary N) is 3. The average molecular weight is 569 g/mol. The van der Waals surface area contributed by atoms with Gasteiger partial charge >= 0.3 is 17.9 Å². The summed E-state index contributed by atoms with van der Waals surface area (Å²) < 4.78 is 5.37. The number of hydrogen-bond acceptors (Lipinski definition) is 9. The lowest BCUT2D eigenvalue weighted by atomic mass is 10.1. The van der Waals surface area contributed by atoms with Crippen LogP contribution in [0.5, 0.6) is 5.75 Å². The van der Waals surface area contributed by atoms with Crippen LogP contribution in [0, 0.1) is 0 Å². The molecule has 3 aromatic rings. The van der Waals surface area contributed by atoms with Gasteiger partial charge in [-0.25, -0.2) is 24.4 Å². The lowest BCUT2D eigenvalue weighted by Crippen LogP contribution is -2.37. The highest BCUT2D eigenvalue weighted by Gasteiger charge is 2.20. The van der Waals surface area contributed by atoms with E-state index in [1.807, 2.05) is 0 Å². The van der Waals surface area contributed by atoms with Crippen LogP contribution in [0.15, 0.2) is 65.7 Å². The fourth-order valence-electron chi connectivity index (χ4n) is 3.49. The Hall–Kier alpha value is -5.01. The van der Waals surface area contributed by atoms with E-state index in [4.69, 9.17) is 38.8 Å². The molecule has 14 heteroatoms. The first-order chi connectivity index (χ1) is 19.0. The number of carbonyl (C=O) groups is 4. The highest BCUT2D eigenvalue weighted by atomic mass is 35.5. The molecule has 0 bridgehead atoms. The first-order valence-corrected chi connectivity index (χ1v) is 12.0. The number of aliphatic imine (C=N–C) groups is 1. The Labute approximate surface area is 233 Å². The molecular formula is C26H25ClN6O7. The topological polar surface area (TPSA) is 214 Å². The molecule has 0 radical (unpaired) electrons. The SMILES string of the molecule is NOC(=O)CN(Cc1cccc(C(=O)O)n1)C(=O)CCc1ccc(OC(=O)c2ccc(N=C(N)N)cc2)cc1Cl. The second-order valence-electron chi connectivity index (χ2n) is 8.29. The van der Waals surface area contributed by atoms with Crippen LogP contribution >= 0.6 is 11.6 Å². The van der Waals surface area contributed by atoms with Crippen molar-refractivity contribution in [3.63, 3.8) is 0 Å². The third-order valence-corrected chi connectivity index (χ3v) is 5.74. The van der Waals surface area contributed by atoms with E-state index in [0.29, 0.717) is 11.3 Å². The number of carboxylic acids is 1. The van der Waals surface area contributed by atoms with Gasteiger partial charge < -0.3 is 31.0 Å². The van der Waals surface area contributed by atoms with Gasteiger partial charge in [0.2, 0.25) is 5.91 Å². The second-order valence-corrected chi connectivity index (χ2v) is 8.69. The number of benzene rings is 2. The summed E-state index contributed by atoms with van der Waals surface area (Å²) in [5.41, 5.74) is 12.0. The van der Waals surface area contributed by atoms with Crippen molar-refractivity contribution < 1.29 is 33.9 Å². The van der Waals surface area contributed by atoms with Crippen LogP contribution in [-0.4, -0.2) is 51.3 Å². The first kappa shape index (κ1) is 29.5. The molecule has 2 aromatic carbocycles. The van der Waals surface area contributed by atoms with Crippen LogP contribution in [-0.2, 0) is 27.4 Å². The summed E-state index contributed by atoms with van der Waals surface area (Å²) in [5.74, 6) is 1.83. The van der Waals surface area contributed by atoms with E-state index in [2.05, 4.69) is 14.8 Å². The Morgan fingerprint density at radius 3 is 2.38 bits per heavy atom. The van der Waals surface area contributed by atoms with Crippen molar-refractivity contribution in [2.75, 3.05) is 6.54 Å². The fraction of sp³-hybridized carbons (Fsp3) is 0.154. The number of carbonyl (C=O) groups excluding carboxylic acids is 3. The average Bonchev–Trinajstić information content (AvgIpc) is 2.92. The van der Waals surface area contributed by atoms with Gasteiger partial charge in [0.05, 0.1) is 23.5 Å². The van der Waals surface area contributed by atoms with Gasteiger partial charge in [-0.2, -0.15) is 5.90 Å². The smallest absolute Gasteiger partial charge is 0.354 e. The maximum Gasteiger partial charge on any atom is 0.354 e. The highest BCUT2D eigenvalue weighted by Crippen LogP contribution is 2.25. The van der Waals surface area contributed by atoms with Crippen molar-refractivity contribution in [1.82, 2.24) is 9.88 Å². The number of nitrogens with zero attached hydrogens (tertiary/aromatic N) is 3. The van der Waals surface area contributed by atoms with Gasteiger partial charge in [0, 0.05) is 11.4 Å². The van der Waals surface area contributed by atoms with Crippen molar-refractivity contribution in [2.45, 2.75) is 19.4 Å². The molecule has 0 fully saturated rings. The van der Waals surface area contributed by atoms with Gasteiger partial charge in [0.15, 0.2) is 5.96 Å². The zero-order chi connectivity index (χ0) is 29.2. The van der Waals surface area contributed by atoms with Crippen LogP contribution < -0.4 is 22.1 Å². The Kier molecular flexibility index (Phi) is 10.1. The summed E-state index contributed by atoms with van der Waals surface area (Å²) in [5, 5.41) is 9.40. The standard InChI is InChI=1S/C26H25ClN6O7/c27-20-12-19(39-25(38)16-4-8-17(9-5-16)32-26(28)29)10-6-15(20)7-11-22(34)33(14-23(35)40-30)13-18-2-1-3-21(31-18)24(36)37/h1-6,8-10,12H,7,11,13-14,30H2,(H,36,37)(H4,28,29,32). The summed E-state index contributed by atoms with van der Waals surface area (Å²) in [7, 11) is 0. The van der Waals surface area contributed by atoms with Crippen LogP contribution in [0.4, 0.5) is 5.69 Å². The van der Waals surface area contributed by atoms with Gasteiger partial charge in [-0.05, 0) is 60.5 Å².